The van der Waals surface area contributed by atoms with Crippen LogP contribution in [0, 0.1) is 17.8 Å². The SMILES string of the molecule is O=C1OCC2C1=C1OC2C2CCCCC12. The van der Waals surface area contributed by atoms with Gasteiger partial charge in [0.2, 0.25) is 0 Å². The minimum absolute atomic E-state index is 0.110. The highest BCUT2D eigenvalue weighted by molar-refractivity contribution is 5.92. The predicted octanol–water partition coefficient (Wildman–Crippen LogP) is 1.63. The number of cyclic esters (lactones) is 1. The summed E-state index contributed by atoms with van der Waals surface area (Å²) in [5, 5.41) is 0. The van der Waals surface area contributed by atoms with Crippen molar-refractivity contribution in [3.63, 3.8) is 0 Å². The second-order valence-electron chi connectivity index (χ2n) is 5.12. The fourth-order valence-electron chi connectivity index (χ4n) is 3.86. The molecule has 1 saturated carbocycles. The zero-order valence-corrected chi connectivity index (χ0v) is 8.57. The molecular formula is C12H14O3. The van der Waals surface area contributed by atoms with Crippen molar-refractivity contribution in [2.75, 3.05) is 6.61 Å². The third-order valence-electron chi connectivity index (χ3n) is 4.49. The van der Waals surface area contributed by atoms with Crippen molar-refractivity contribution in [2.45, 2.75) is 31.8 Å². The molecule has 0 radical (unpaired) electrons. The number of carbonyl (C=O) groups excluding carboxylic acids is 1. The van der Waals surface area contributed by atoms with Crippen molar-refractivity contribution in [1.29, 1.82) is 0 Å². The monoisotopic (exact) mass is 206 g/mol. The lowest BCUT2D eigenvalue weighted by molar-refractivity contribution is -0.135. The van der Waals surface area contributed by atoms with Gasteiger partial charge in [-0.3, -0.25) is 0 Å². The standard InChI is InChI=1S/C12H14O3/c13-12-9-8(5-14-12)10-6-3-1-2-4-7(6)11(9)15-10/h6-8,10H,1-5H2. The van der Waals surface area contributed by atoms with Crippen molar-refractivity contribution < 1.29 is 14.3 Å². The van der Waals surface area contributed by atoms with Crippen LogP contribution in [0.25, 0.3) is 0 Å². The van der Waals surface area contributed by atoms with E-state index in [0.29, 0.717) is 18.4 Å². The van der Waals surface area contributed by atoms with Gasteiger partial charge in [0.15, 0.2) is 0 Å². The van der Waals surface area contributed by atoms with Crippen LogP contribution in [0.2, 0.25) is 0 Å². The van der Waals surface area contributed by atoms with Gasteiger partial charge in [0.1, 0.15) is 18.5 Å². The van der Waals surface area contributed by atoms with E-state index >= 15 is 0 Å². The maximum Gasteiger partial charge on any atom is 0.338 e. The lowest BCUT2D eigenvalue weighted by Crippen LogP contribution is -2.33. The average molecular weight is 206 g/mol. The highest BCUT2D eigenvalue weighted by Gasteiger charge is 2.58. The van der Waals surface area contributed by atoms with Gasteiger partial charge in [-0.05, 0) is 12.8 Å². The molecule has 4 atom stereocenters. The van der Waals surface area contributed by atoms with E-state index in [1.807, 2.05) is 0 Å². The van der Waals surface area contributed by atoms with Gasteiger partial charge in [0.25, 0.3) is 0 Å². The lowest BCUT2D eigenvalue weighted by Gasteiger charge is -2.30. The number of esters is 1. The quantitative estimate of drug-likeness (QED) is 0.565. The molecule has 0 amide bonds. The summed E-state index contributed by atoms with van der Waals surface area (Å²) in [6.45, 7) is 0.561. The molecule has 0 aromatic rings. The van der Waals surface area contributed by atoms with E-state index < -0.39 is 0 Å². The summed E-state index contributed by atoms with van der Waals surface area (Å²) >= 11 is 0. The Morgan fingerprint density at radius 1 is 1.13 bits per heavy atom. The van der Waals surface area contributed by atoms with Crippen LogP contribution in [0.15, 0.2) is 11.3 Å². The van der Waals surface area contributed by atoms with Gasteiger partial charge in [-0.2, -0.15) is 0 Å². The van der Waals surface area contributed by atoms with Crippen LogP contribution in [-0.4, -0.2) is 18.7 Å². The summed E-state index contributed by atoms with van der Waals surface area (Å²) in [6.07, 6.45) is 5.36. The summed E-state index contributed by atoms with van der Waals surface area (Å²) < 4.78 is 11.1. The molecule has 3 heterocycles. The molecule has 0 aromatic carbocycles. The zero-order chi connectivity index (χ0) is 9.99. The lowest BCUT2D eigenvalue weighted by atomic mass is 9.69. The minimum Gasteiger partial charge on any atom is -0.493 e. The van der Waals surface area contributed by atoms with Gasteiger partial charge in [-0.15, -0.1) is 0 Å². The number of hydrogen-bond acceptors (Lipinski definition) is 3. The number of fused-ring (bicyclic) bond motifs is 7. The second kappa shape index (κ2) is 2.57. The van der Waals surface area contributed by atoms with Gasteiger partial charge in [0.05, 0.1) is 11.5 Å². The molecule has 3 nitrogen and oxygen atoms in total. The van der Waals surface area contributed by atoms with Crippen LogP contribution in [0.5, 0.6) is 0 Å². The first-order valence-corrected chi connectivity index (χ1v) is 5.94. The van der Waals surface area contributed by atoms with Gasteiger partial charge in [0, 0.05) is 11.8 Å². The Hall–Kier alpha value is -0.990. The number of hydrogen-bond donors (Lipinski definition) is 0. The van der Waals surface area contributed by atoms with Crippen molar-refractivity contribution in [1.82, 2.24) is 0 Å². The van der Waals surface area contributed by atoms with Crippen molar-refractivity contribution in [3.05, 3.63) is 11.3 Å². The maximum absolute atomic E-state index is 11.6. The molecule has 15 heavy (non-hydrogen) atoms. The summed E-state index contributed by atoms with van der Waals surface area (Å²) in [5.41, 5.74) is 0.892. The van der Waals surface area contributed by atoms with Crippen LogP contribution < -0.4 is 0 Å². The van der Waals surface area contributed by atoms with Gasteiger partial charge < -0.3 is 9.47 Å². The molecule has 1 aliphatic carbocycles. The summed E-state index contributed by atoms with van der Waals surface area (Å²) in [5.74, 6) is 2.39. The Kier molecular flexibility index (Phi) is 1.41. The summed E-state index contributed by atoms with van der Waals surface area (Å²) in [4.78, 5) is 11.6. The molecule has 0 N–H and O–H groups in total. The van der Waals surface area contributed by atoms with Crippen molar-refractivity contribution in [2.24, 2.45) is 17.8 Å². The topological polar surface area (TPSA) is 35.5 Å². The van der Waals surface area contributed by atoms with Crippen LogP contribution >= 0.6 is 0 Å². The molecule has 2 saturated heterocycles. The number of ether oxygens (including phenoxy) is 2. The van der Waals surface area contributed by atoms with E-state index in [1.165, 1.54) is 25.7 Å². The first kappa shape index (κ1) is 8.20. The maximum atomic E-state index is 11.6. The van der Waals surface area contributed by atoms with Gasteiger partial charge in [-0.1, -0.05) is 12.8 Å². The van der Waals surface area contributed by atoms with Crippen molar-refractivity contribution in [3.8, 4) is 0 Å². The number of rotatable bonds is 0. The number of allylic oxidation sites excluding steroid dienone is 1. The average Bonchev–Trinajstić information content (AvgIpc) is 2.90. The molecule has 3 fully saturated rings. The highest BCUT2D eigenvalue weighted by Crippen LogP contribution is 2.56. The molecule has 3 heteroatoms. The molecule has 3 aliphatic heterocycles. The molecule has 0 aromatic heterocycles. The summed E-state index contributed by atoms with van der Waals surface area (Å²) in [6, 6.07) is 0. The first-order chi connectivity index (χ1) is 7.36. The van der Waals surface area contributed by atoms with Crippen LogP contribution in [0.4, 0.5) is 0 Å². The molecule has 0 spiro atoms. The van der Waals surface area contributed by atoms with Gasteiger partial charge >= 0.3 is 5.97 Å². The highest BCUT2D eigenvalue weighted by atomic mass is 16.6. The van der Waals surface area contributed by atoms with E-state index in [0.717, 1.165) is 11.3 Å². The Morgan fingerprint density at radius 3 is 2.93 bits per heavy atom. The fraction of sp³-hybridized carbons (Fsp3) is 0.750. The second-order valence-corrected chi connectivity index (χ2v) is 5.12. The molecular weight excluding hydrogens is 192 g/mol. The van der Waals surface area contributed by atoms with Crippen molar-refractivity contribution >= 4 is 5.97 Å². The zero-order valence-electron chi connectivity index (χ0n) is 8.57. The predicted molar refractivity (Wildman–Crippen MR) is 51.8 cm³/mol. The van der Waals surface area contributed by atoms with E-state index in [4.69, 9.17) is 9.47 Å². The molecule has 4 aliphatic rings. The Balaban J connectivity index is 1.81. The number of carbonyl (C=O) groups is 1. The van der Waals surface area contributed by atoms with Gasteiger partial charge in [-0.25, -0.2) is 4.79 Å². The van der Waals surface area contributed by atoms with E-state index in [9.17, 15) is 4.79 Å². The molecule has 80 valence electrons. The van der Waals surface area contributed by atoms with E-state index in [1.54, 1.807) is 0 Å². The van der Waals surface area contributed by atoms with Crippen LogP contribution in [0.1, 0.15) is 25.7 Å². The normalized spacial score (nSPS) is 46.3. The molecule has 2 bridgehead atoms. The Morgan fingerprint density at radius 2 is 2.00 bits per heavy atom. The first-order valence-electron chi connectivity index (χ1n) is 5.94. The smallest absolute Gasteiger partial charge is 0.338 e. The largest absolute Gasteiger partial charge is 0.493 e. The minimum atomic E-state index is -0.110. The molecule has 4 rings (SSSR count). The summed E-state index contributed by atoms with van der Waals surface area (Å²) in [7, 11) is 0. The van der Waals surface area contributed by atoms with E-state index in [-0.39, 0.29) is 18.0 Å². The third kappa shape index (κ3) is 0.853. The van der Waals surface area contributed by atoms with Crippen LogP contribution in [-0.2, 0) is 14.3 Å². The fourth-order valence-corrected chi connectivity index (χ4v) is 3.86. The third-order valence-corrected chi connectivity index (χ3v) is 4.49. The molecule has 4 unspecified atom stereocenters. The van der Waals surface area contributed by atoms with E-state index in [2.05, 4.69) is 0 Å². The Labute approximate surface area is 88.4 Å². The Bertz CT molecular complexity index is 371. The van der Waals surface area contributed by atoms with Crippen LogP contribution in [0.3, 0.4) is 0 Å².